The Labute approximate surface area is 128 Å². The summed E-state index contributed by atoms with van der Waals surface area (Å²) in [4.78, 5) is 31.8. The normalized spacial score (nSPS) is 16.3. The number of nitrogens with zero attached hydrogens (tertiary/aromatic N) is 4. The Bertz CT molecular complexity index is 339. The first kappa shape index (κ1) is 17.9. The number of hydrogen-bond acceptors (Lipinski definition) is 4. The second-order valence-corrected chi connectivity index (χ2v) is 6.10. The molecule has 1 aliphatic heterocycles. The van der Waals surface area contributed by atoms with Gasteiger partial charge in [0.05, 0.1) is 0 Å². The molecule has 1 saturated heterocycles. The highest BCUT2D eigenvalue weighted by Gasteiger charge is 2.20. The highest BCUT2D eigenvalue weighted by molar-refractivity contribution is 5.78. The Hall–Kier alpha value is -1.14. The molecule has 1 fully saturated rings. The number of hydrogen-bond donors (Lipinski definition) is 0. The maximum Gasteiger partial charge on any atom is 0.224 e. The molecule has 0 unspecified atom stereocenters. The largest absolute Gasteiger partial charge is 0.342 e. The van der Waals surface area contributed by atoms with Crippen molar-refractivity contribution >= 4 is 11.8 Å². The molecule has 1 aliphatic rings. The SMILES string of the molecule is CC(=O)N(CCCN(C)C)CCC(=O)N1CCN(C)CC1. The number of carbonyl (C=O) groups excluding carboxylic acids is 2. The van der Waals surface area contributed by atoms with Crippen LogP contribution in [0.1, 0.15) is 19.8 Å². The average Bonchev–Trinajstić information content (AvgIpc) is 2.42. The van der Waals surface area contributed by atoms with Gasteiger partial charge in [0.1, 0.15) is 0 Å². The van der Waals surface area contributed by atoms with Crippen LogP contribution in [-0.4, -0.2) is 98.4 Å². The summed E-state index contributed by atoms with van der Waals surface area (Å²) in [7, 11) is 6.12. The summed E-state index contributed by atoms with van der Waals surface area (Å²) in [6, 6.07) is 0. The average molecular weight is 298 g/mol. The van der Waals surface area contributed by atoms with E-state index in [1.807, 2.05) is 19.0 Å². The molecule has 0 radical (unpaired) electrons. The smallest absolute Gasteiger partial charge is 0.224 e. The lowest BCUT2D eigenvalue weighted by Gasteiger charge is -2.33. The fourth-order valence-corrected chi connectivity index (χ4v) is 2.45. The van der Waals surface area contributed by atoms with Gasteiger partial charge in [-0.1, -0.05) is 0 Å². The van der Waals surface area contributed by atoms with Gasteiger partial charge in [-0.15, -0.1) is 0 Å². The van der Waals surface area contributed by atoms with E-state index < -0.39 is 0 Å². The summed E-state index contributed by atoms with van der Waals surface area (Å²) in [5, 5.41) is 0. The number of piperazine rings is 1. The van der Waals surface area contributed by atoms with Gasteiger partial charge in [-0.2, -0.15) is 0 Å². The van der Waals surface area contributed by atoms with E-state index >= 15 is 0 Å². The molecule has 0 bridgehead atoms. The van der Waals surface area contributed by atoms with Gasteiger partial charge in [0.15, 0.2) is 0 Å². The first-order chi connectivity index (χ1) is 9.90. The lowest BCUT2D eigenvalue weighted by Crippen LogP contribution is -2.48. The highest BCUT2D eigenvalue weighted by Crippen LogP contribution is 2.04. The molecule has 6 heteroatoms. The molecule has 0 aromatic rings. The van der Waals surface area contributed by atoms with Crippen LogP contribution >= 0.6 is 0 Å². The molecule has 0 aromatic carbocycles. The minimum absolute atomic E-state index is 0.0555. The van der Waals surface area contributed by atoms with Gasteiger partial charge in [0.2, 0.25) is 11.8 Å². The molecule has 122 valence electrons. The first-order valence-corrected chi connectivity index (χ1v) is 7.76. The number of amides is 2. The van der Waals surface area contributed by atoms with Crippen LogP contribution in [0.4, 0.5) is 0 Å². The van der Waals surface area contributed by atoms with Crippen molar-refractivity contribution in [3.63, 3.8) is 0 Å². The Kier molecular flexibility index (Phi) is 7.67. The lowest BCUT2D eigenvalue weighted by molar-refractivity contribution is -0.134. The maximum atomic E-state index is 12.2. The monoisotopic (exact) mass is 298 g/mol. The Morgan fingerprint density at radius 3 is 2.14 bits per heavy atom. The third kappa shape index (κ3) is 6.91. The summed E-state index contributed by atoms with van der Waals surface area (Å²) in [6.45, 7) is 7.27. The van der Waals surface area contributed by atoms with Crippen LogP contribution in [0.3, 0.4) is 0 Å². The summed E-state index contributed by atoms with van der Waals surface area (Å²) in [6.07, 6.45) is 1.38. The van der Waals surface area contributed by atoms with E-state index in [1.165, 1.54) is 0 Å². The minimum atomic E-state index is 0.0555. The van der Waals surface area contributed by atoms with Crippen molar-refractivity contribution in [2.45, 2.75) is 19.8 Å². The van der Waals surface area contributed by atoms with Crippen molar-refractivity contribution in [2.75, 3.05) is 67.0 Å². The molecule has 1 rings (SSSR count). The van der Waals surface area contributed by atoms with Gasteiger partial charge in [0.25, 0.3) is 0 Å². The Morgan fingerprint density at radius 2 is 1.62 bits per heavy atom. The van der Waals surface area contributed by atoms with Crippen LogP contribution in [0, 0.1) is 0 Å². The quantitative estimate of drug-likeness (QED) is 0.661. The minimum Gasteiger partial charge on any atom is -0.342 e. The molecule has 1 heterocycles. The van der Waals surface area contributed by atoms with Crippen LogP contribution in [0.15, 0.2) is 0 Å². The zero-order valence-electron chi connectivity index (χ0n) is 14.0. The van der Waals surface area contributed by atoms with Crippen LogP contribution < -0.4 is 0 Å². The maximum absolute atomic E-state index is 12.2. The van der Waals surface area contributed by atoms with E-state index in [2.05, 4.69) is 16.8 Å². The highest BCUT2D eigenvalue weighted by atomic mass is 16.2. The topological polar surface area (TPSA) is 47.1 Å². The van der Waals surface area contributed by atoms with Crippen molar-refractivity contribution < 1.29 is 9.59 Å². The summed E-state index contributed by atoms with van der Waals surface area (Å²) < 4.78 is 0. The number of carbonyl (C=O) groups is 2. The van der Waals surface area contributed by atoms with Crippen molar-refractivity contribution in [2.24, 2.45) is 0 Å². The molecular weight excluding hydrogens is 268 g/mol. The summed E-state index contributed by atoms with van der Waals surface area (Å²) >= 11 is 0. The van der Waals surface area contributed by atoms with Gasteiger partial charge in [0, 0.05) is 52.6 Å². The first-order valence-electron chi connectivity index (χ1n) is 7.76. The van der Waals surface area contributed by atoms with Crippen LogP contribution in [-0.2, 0) is 9.59 Å². The molecule has 0 aliphatic carbocycles. The van der Waals surface area contributed by atoms with E-state index in [9.17, 15) is 9.59 Å². The fourth-order valence-electron chi connectivity index (χ4n) is 2.45. The Balaban J connectivity index is 2.31. The second-order valence-electron chi connectivity index (χ2n) is 6.10. The second kappa shape index (κ2) is 9.00. The predicted molar refractivity (Wildman–Crippen MR) is 84.1 cm³/mol. The van der Waals surface area contributed by atoms with Crippen molar-refractivity contribution in [1.82, 2.24) is 19.6 Å². The van der Waals surface area contributed by atoms with Gasteiger partial charge in [-0.3, -0.25) is 9.59 Å². The summed E-state index contributed by atoms with van der Waals surface area (Å²) in [5.41, 5.74) is 0. The zero-order valence-corrected chi connectivity index (χ0v) is 14.0. The Morgan fingerprint density at radius 1 is 1.00 bits per heavy atom. The molecular formula is C15H30N4O2. The van der Waals surface area contributed by atoms with E-state index in [0.29, 0.717) is 13.0 Å². The van der Waals surface area contributed by atoms with E-state index in [4.69, 9.17) is 0 Å². The molecule has 21 heavy (non-hydrogen) atoms. The molecule has 0 saturated carbocycles. The molecule has 0 spiro atoms. The molecule has 6 nitrogen and oxygen atoms in total. The van der Waals surface area contributed by atoms with Crippen LogP contribution in [0.5, 0.6) is 0 Å². The van der Waals surface area contributed by atoms with Crippen molar-refractivity contribution in [3.8, 4) is 0 Å². The summed E-state index contributed by atoms with van der Waals surface area (Å²) in [5.74, 6) is 0.224. The predicted octanol–water partition coefficient (Wildman–Crippen LogP) is -0.0493. The lowest BCUT2D eigenvalue weighted by atomic mass is 10.2. The van der Waals surface area contributed by atoms with Crippen LogP contribution in [0.2, 0.25) is 0 Å². The van der Waals surface area contributed by atoms with E-state index in [0.717, 1.165) is 45.7 Å². The third-order valence-electron chi connectivity index (χ3n) is 3.93. The van der Waals surface area contributed by atoms with Crippen molar-refractivity contribution in [3.05, 3.63) is 0 Å². The molecule has 0 N–H and O–H groups in total. The molecule has 0 aromatic heterocycles. The standard InChI is InChI=1S/C15H30N4O2/c1-14(20)18(8-5-7-16(2)3)9-6-15(21)19-12-10-17(4)11-13-19/h5-13H2,1-4H3. The number of likely N-dealkylation sites (N-methyl/N-ethyl adjacent to an activating group) is 1. The van der Waals surface area contributed by atoms with Crippen LogP contribution in [0.25, 0.3) is 0 Å². The van der Waals surface area contributed by atoms with Gasteiger partial charge < -0.3 is 19.6 Å². The zero-order chi connectivity index (χ0) is 15.8. The van der Waals surface area contributed by atoms with Gasteiger partial charge in [-0.05, 0) is 34.1 Å². The molecule has 2 amide bonds. The fraction of sp³-hybridized carbons (Fsp3) is 0.867. The van der Waals surface area contributed by atoms with E-state index in [1.54, 1.807) is 11.8 Å². The van der Waals surface area contributed by atoms with Gasteiger partial charge >= 0.3 is 0 Å². The third-order valence-corrected chi connectivity index (χ3v) is 3.93. The van der Waals surface area contributed by atoms with Crippen molar-refractivity contribution in [1.29, 1.82) is 0 Å². The number of rotatable bonds is 7. The van der Waals surface area contributed by atoms with E-state index in [-0.39, 0.29) is 11.8 Å². The molecule has 0 atom stereocenters. The van der Waals surface area contributed by atoms with Gasteiger partial charge in [-0.25, -0.2) is 0 Å².